The summed E-state index contributed by atoms with van der Waals surface area (Å²) in [6, 6.07) is 12.4. The van der Waals surface area contributed by atoms with Crippen LogP contribution in [0.3, 0.4) is 0 Å². The van der Waals surface area contributed by atoms with Gasteiger partial charge < -0.3 is 10.8 Å². The first-order chi connectivity index (χ1) is 9.68. The maximum absolute atomic E-state index is 11.5. The van der Waals surface area contributed by atoms with Crippen LogP contribution in [0.15, 0.2) is 60.6 Å². The van der Waals surface area contributed by atoms with E-state index in [-0.39, 0.29) is 11.3 Å². The van der Waals surface area contributed by atoms with E-state index < -0.39 is 5.91 Å². The summed E-state index contributed by atoms with van der Waals surface area (Å²) < 4.78 is 0. The number of hydrogen-bond donors (Lipinski definition) is 2. The van der Waals surface area contributed by atoms with Crippen LogP contribution in [0.4, 0.5) is 0 Å². The van der Waals surface area contributed by atoms with Crippen LogP contribution in [0.25, 0.3) is 5.57 Å². The average Bonchev–Trinajstić information content (AvgIpc) is 2.47. The summed E-state index contributed by atoms with van der Waals surface area (Å²) in [5, 5.41) is 9.97. The summed E-state index contributed by atoms with van der Waals surface area (Å²) in [6.45, 7) is 0. The fourth-order valence-electron chi connectivity index (χ4n) is 1.62. The molecule has 98 valence electrons. The Hall–Kier alpha value is -3.06. The number of aliphatic hydroxyl groups is 1. The van der Waals surface area contributed by atoms with Crippen molar-refractivity contribution in [1.82, 2.24) is 4.98 Å². The SMILES string of the molecule is NC(=O)/C(=C(/O)C#Cc1ccccc1)c1cccnc1. The minimum absolute atomic E-state index is 0.0402. The van der Waals surface area contributed by atoms with Gasteiger partial charge in [-0.1, -0.05) is 30.2 Å². The zero-order valence-electron chi connectivity index (χ0n) is 10.6. The van der Waals surface area contributed by atoms with E-state index in [2.05, 4.69) is 16.8 Å². The highest BCUT2D eigenvalue weighted by Crippen LogP contribution is 2.15. The number of carbonyl (C=O) groups excluding carboxylic acids is 1. The molecule has 0 saturated carbocycles. The molecule has 0 aliphatic heterocycles. The third-order valence-corrected chi connectivity index (χ3v) is 2.53. The van der Waals surface area contributed by atoms with Gasteiger partial charge in [-0.05, 0) is 24.1 Å². The molecule has 0 unspecified atom stereocenters. The molecule has 0 atom stereocenters. The van der Waals surface area contributed by atoms with Crippen LogP contribution in [-0.2, 0) is 4.79 Å². The Morgan fingerprint density at radius 1 is 1.15 bits per heavy atom. The summed E-state index contributed by atoms with van der Waals surface area (Å²) in [5.41, 5.74) is 6.41. The predicted octanol–water partition coefficient (Wildman–Crippen LogP) is 1.89. The van der Waals surface area contributed by atoms with Gasteiger partial charge in [0.05, 0.1) is 5.57 Å². The molecule has 20 heavy (non-hydrogen) atoms. The van der Waals surface area contributed by atoms with Crippen LogP contribution in [-0.4, -0.2) is 16.0 Å². The van der Waals surface area contributed by atoms with Crippen molar-refractivity contribution in [1.29, 1.82) is 0 Å². The van der Waals surface area contributed by atoms with Gasteiger partial charge >= 0.3 is 0 Å². The van der Waals surface area contributed by atoms with Gasteiger partial charge in [-0.2, -0.15) is 0 Å². The van der Waals surface area contributed by atoms with E-state index in [0.717, 1.165) is 5.56 Å². The Balaban J connectivity index is 2.42. The van der Waals surface area contributed by atoms with E-state index in [0.29, 0.717) is 5.56 Å². The lowest BCUT2D eigenvalue weighted by molar-refractivity contribution is -0.112. The number of benzene rings is 1. The second-order valence-corrected chi connectivity index (χ2v) is 3.95. The summed E-state index contributed by atoms with van der Waals surface area (Å²) in [6.07, 6.45) is 3.01. The van der Waals surface area contributed by atoms with Crippen molar-refractivity contribution in [3.05, 3.63) is 71.7 Å². The van der Waals surface area contributed by atoms with Crippen molar-refractivity contribution >= 4 is 11.5 Å². The topological polar surface area (TPSA) is 76.2 Å². The molecule has 1 aromatic heterocycles. The van der Waals surface area contributed by atoms with E-state index >= 15 is 0 Å². The molecule has 2 aromatic rings. The van der Waals surface area contributed by atoms with Crippen molar-refractivity contribution in [2.24, 2.45) is 5.73 Å². The first-order valence-corrected chi connectivity index (χ1v) is 5.89. The fraction of sp³-hybridized carbons (Fsp3) is 0. The minimum atomic E-state index is -0.752. The standard InChI is InChI=1S/C16H12N2O2/c17-16(20)15(13-7-4-10-18-11-13)14(19)9-8-12-5-2-1-3-6-12/h1-7,10-11,19H,(H2,17,20)/b15-14+. The molecule has 1 aromatic carbocycles. The first kappa shape index (κ1) is 13.4. The van der Waals surface area contributed by atoms with E-state index in [4.69, 9.17) is 5.73 Å². The quantitative estimate of drug-likeness (QED) is 0.494. The van der Waals surface area contributed by atoms with Gasteiger partial charge in [0.15, 0.2) is 5.76 Å². The van der Waals surface area contributed by atoms with E-state index in [1.165, 1.54) is 6.20 Å². The van der Waals surface area contributed by atoms with Gasteiger partial charge in [-0.15, -0.1) is 0 Å². The maximum Gasteiger partial charge on any atom is 0.253 e. The lowest BCUT2D eigenvalue weighted by Crippen LogP contribution is -2.15. The molecule has 0 radical (unpaired) electrons. The third kappa shape index (κ3) is 3.24. The number of aliphatic hydroxyl groups excluding tert-OH is 1. The lowest BCUT2D eigenvalue weighted by Gasteiger charge is -2.02. The highest BCUT2D eigenvalue weighted by molar-refractivity contribution is 6.19. The normalized spacial score (nSPS) is 11.0. The highest BCUT2D eigenvalue weighted by atomic mass is 16.3. The Morgan fingerprint density at radius 2 is 1.90 bits per heavy atom. The number of pyridine rings is 1. The summed E-state index contributed by atoms with van der Waals surface area (Å²) >= 11 is 0. The van der Waals surface area contributed by atoms with Gasteiger partial charge in [-0.3, -0.25) is 9.78 Å². The molecule has 4 nitrogen and oxygen atoms in total. The molecule has 2 rings (SSSR count). The zero-order chi connectivity index (χ0) is 14.4. The van der Waals surface area contributed by atoms with Gasteiger partial charge in [0.2, 0.25) is 0 Å². The summed E-state index contributed by atoms with van der Waals surface area (Å²) in [4.78, 5) is 15.3. The number of nitrogens with two attached hydrogens (primary N) is 1. The van der Waals surface area contributed by atoms with Crippen LogP contribution in [0.1, 0.15) is 11.1 Å². The van der Waals surface area contributed by atoms with Crippen LogP contribution in [0.2, 0.25) is 0 Å². The molecule has 0 aliphatic carbocycles. The van der Waals surface area contributed by atoms with Gasteiger partial charge in [0.25, 0.3) is 5.91 Å². The molecule has 1 amide bonds. The van der Waals surface area contributed by atoms with Gasteiger partial charge in [-0.25, -0.2) is 0 Å². The Morgan fingerprint density at radius 3 is 2.50 bits per heavy atom. The number of primary amides is 1. The molecule has 0 spiro atoms. The Bertz CT molecular complexity index is 696. The van der Waals surface area contributed by atoms with Crippen LogP contribution in [0, 0.1) is 11.8 Å². The van der Waals surface area contributed by atoms with Crippen LogP contribution < -0.4 is 5.73 Å². The summed E-state index contributed by atoms with van der Waals surface area (Å²) in [5.74, 6) is 4.18. The fourth-order valence-corrected chi connectivity index (χ4v) is 1.62. The number of amides is 1. The predicted molar refractivity (Wildman–Crippen MR) is 76.3 cm³/mol. The molecule has 0 bridgehead atoms. The Kier molecular flexibility index (Phi) is 4.15. The minimum Gasteiger partial charge on any atom is -0.500 e. The summed E-state index contributed by atoms with van der Waals surface area (Å²) in [7, 11) is 0. The average molecular weight is 264 g/mol. The number of aromatic nitrogens is 1. The van der Waals surface area contributed by atoms with Crippen molar-refractivity contribution in [2.45, 2.75) is 0 Å². The van der Waals surface area contributed by atoms with E-state index in [1.54, 1.807) is 30.5 Å². The molecule has 0 saturated heterocycles. The second-order valence-electron chi connectivity index (χ2n) is 3.95. The Labute approximate surface area is 116 Å². The molecule has 0 fully saturated rings. The molecular weight excluding hydrogens is 252 g/mol. The zero-order valence-corrected chi connectivity index (χ0v) is 10.6. The molecule has 3 N–H and O–H groups in total. The van der Waals surface area contributed by atoms with Gasteiger partial charge in [0.1, 0.15) is 0 Å². The van der Waals surface area contributed by atoms with Crippen molar-refractivity contribution in [3.63, 3.8) is 0 Å². The number of nitrogens with zero attached hydrogens (tertiary/aromatic N) is 1. The van der Waals surface area contributed by atoms with Crippen molar-refractivity contribution in [2.75, 3.05) is 0 Å². The lowest BCUT2D eigenvalue weighted by atomic mass is 10.1. The number of hydrogen-bond acceptors (Lipinski definition) is 3. The van der Waals surface area contributed by atoms with Crippen molar-refractivity contribution in [3.8, 4) is 11.8 Å². The van der Waals surface area contributed by atoms with Crippen LogP contribution >= 0.6 is 0 Å². The third-order valence-electron chi connectivity index (χ3n) is 2.53. The molecule has 4 heteroatoms. The van der Waals surface area contributed by atoms with E-state index in [9.17, 15) is 9.90 Å². The number of allylic oxidation sites excluding steroid dienone is 1. The monoisotopic (exact) mass is 264 g/mol. The number of carbonyl (C=O) groups is 1. The van der Waals surface area contributed by atoms with Gasteiger partial charge in [0, 0.05) is 23.5 Å². The van der Waals surface area contributed by atoms with Crippen LogP contribution in [0.5, 0.6) is 0 Å². The molecule has 0 aliphatic rings. The number of rotatable bonds is 2. The maximum atomic E-state index is 11.5. The molecule has 1 heterocycles. The first-order valence-electron chi connectivity index (χ1n) is 5.89. The van der Waals surface area contributed by atoms with Crippen molar-refractivity contribution < 1.29 is 9.90 Å². The highest BCUT2D eigenvalue weighted by Gasteiger charge is 2.13. The van der Waals surface area contributed by atoms with E-state index in [1.807, 2.05) is 18.2 Å². The smallest absolute Gasteiger partial charge is 0.253 e. The molecular formula is C16H12N2O2. The largest absolute Gasteiger partial charge is 0.500 e. The second kappa shape index (κ2) is 6.21.